The minimum absolute atomic E-state index is 0.195. The third-order valence-electron chi connectivity index (χ3n) is 4.71. The molecular formula is C18H22FN3O2. The maximum atomic E-state index is 13.9. The predicted octanol–water partition coefficient (Wildman–Crippen LogP) is 2.17. The molecule has 24 heavy (non-hydrogen) atoms. The molecule has 5 nitrogen and oxygen atoms in total. The lowest BCUT2D eigenvalue weighted by molar-refractivity contribution is 0.0761. The molecule has 1 aliphatic rings. The highest BCUT2D eigenvalue weighted by molar-refractivity contribution is 6.05. The number of methoxy groups -OCH3 is 1. The number of hydrogen-bond acceptors (Lipinski definition) is 4. The third-order valence-corrected chi connectivity index (χ3v) is 4.71. The Morgan fingerprint density at radius 1 is 1.50 bits per heavy atom. The first-order chi connectivity index (χ1) is 11.5. The second kappa shape index (κ2) is 6.83. The quantitative estimate of drug-likeness (QED) is 0.861. The first kappa shape index (κ1) is 16.8. The van der Waals surface area contributed by atoms with Crippen molar-refractivity contribution in [3.8, 4) is 0 Å². The summed E-state index contributed by atoms with van der Waals surface area (Å²) in [6, 6.07) is 6.39. The van der Waals surface area contributed by atoms with Gasteiger partial charge in [0.25, 0.3) is 5.91 Å². The molecule has 0 radical (unpaired) electrons. The SMILES string of the molecule is CO[C@H]1C[C@@H](CN(C)C(=O)c2cc(F)cc3cccnc23)N(C)C1. The van der Waals surface area contributed by atoms with E-state index in [-0.39, 0.29) is 18.1 Å². The minimum atomic E-state index is -0.426. The van der Waals surface area contributed by atoms with Crippen LogP contribution in [0.2, 0.25) is 0 Å². The monoisotopic (exact) mass is 331 g/mol. The Hall–Kier alpha value is -2.05. The number of likely N-dealkylation sites (tertiary alicyclic amines) is 1. The lowest BCUT2D eigenvalue weighted by Crippen LogP contribution is -2.39. The Labute approximate surface area is 141 Å². The lowest BCUT2D eigenvalue weighted by atomic mass is 10.1. The highest BCUT2D eigenvalue weighted by Crippen LogP contribution is 2.22. The Kier molecular flexibility index (Phi) is 4.78. The van der Waals surface area contributed by atoms with Gasteiger partial charge < -0.3 is 9.64 Å². The van der Waals surface area contributed by atoms with Gasteiger partial charge >= 0.3 is 0 Å². The van der Waals surface area contributed by atoms with E-state index in [1.54, 1.807) is 37.4 Å². The highest BCUT2D eigenvalue weighted by Gasteiger charge is 2.31. The molecule has 1 saturated heterocycles. The molecule has 2 heterocycles. The van der Waals surface area contributed by atoms with Crippen LogP contribution in [0.15, 0.2) is 30.5 Å². The van der Waals surface area contributed by atoms with E-state index < -0.39 is 5.82 Å². The molecule has 0 unspecified atom stereocenters. The van der Waals surface area contributed by atoms with Crippen LogP contribution >= 0.6 is 0 Å². The summed E-state index contributed by atoms with van der Waals surface area (Å²) in [5.41, 5.74) is 0.835. The number of ether oxygens (including phenoxy) is 1. The van der Waals surface area contributed by atoms with Crippen molar-refractivity contribution < 1.29 is 13.9 Å². The number of likely N-dealkylation sites (N-methyl/N-ethyl adjacent to an activating group) is 2. The Bertz CT molecular complexity index is 752. The van der Waals surface area contributed by atoms with E-state index in [1.165, 1.54) is 12.1 Å². The van der Waals surface area contributed by atoms with Crippen LogP contribution in [0.5, 0.6) is 0 Å². The van der Waals surface area contributed by atoms with E-state index in [0.29, 0.717) is 23.0 Å². The zero-order valence-electron chi connectivity index (χ0n) is 14.2. The molecule has 0 saturated carbocycles. The van der Waals surface area contributed by atoms with Gasteiger partial charge in [0.1, 0.15) is 5.82 Å². The molecule has 0 bridgehead atoms. The lowest BCUT2D eigenvalue weighted by Gasteiger charge is -2.26. The summed E-state index contributed by atoms with van der Waals surface area (Å²) in [5.74, 6) is -0.642. The van der Waals surface area contributed by atoms with Gasteiger partial charge in [0.15, 0.2) is 0 Å². The summed E-state index contributed by atoms with van der Waals surface area (Å²) in [5, 5.41) is 0.631. The van der Waals surface area contributed by atoms with Gasteiger partial charge in [-0.2, -0.15) is 0 Å². The smallest absolute Gasteiger partial charge is 0.255 e. The molecule has 0 spiro atoms. The van der Waals surface area contributed by atoms with Gasteiger partial charge in [-0.25, -0.2) is 4.39 Å². The Morgan fingerprint density at radius 2 is 2.29 bits per heavy atom. The fourth-order valence-corrected chi connectivity index (χ4v) is 3.34. The number of pyridine rings is 1. The Balaban J connectivity index is 1.81. The van der Waals surface area contributed by atoms with Crippen molar-refractivity contribution in [2.75, 3.05) is 34.3 Å². The second-order valence-electron chi connectivity index (χ2n) is 6.40. The number of fused-ring (bicyclic) bond motifs is 1. The van der Waals surface area contributed by atoms with Crippen molar-refractivity contribution in [1.82, 2.24) is 14.8 Å². The molecule has 6 heteroatoms. The van der Waals surface area contributed by atoms with E-state index in [4.69, 9.17) is 4.74 Å². The number of carbonyl (C=O) groups excluding carboxylic acids is 1. The van der Waals surface area contributed by atoms with Gasteiger partial charge in [-0.15, -0.1) is 0 Å². The first-order valence-electron chi connectivity index (χ1n) is 8.02. The summed E-state index contributed by atoms with van der Waals surface area (Å²) in [6.45, 7) is 1.42. The number of aromatic nitrogens is 1. The van der Waals surface area contributed by atoms with E-state index >= 15 is 0 Å². The number of rotatable bonds is 4. The number of carbonyl (C=O) groups is 1. The van der Waals surface area contributed by atoms with Crippen LogP contribution in [0.3, 0.4) is 0 Å². The highest BCUT2D eigenvalue weighted by atomic mass is 19.1. The van der Waals surface area contributed by atoms with Gasteiger partial charge in [0.2, 0.25) is 0 Å². The van der Waals surface area contributed by atoms with Gasteiger partial charge in [0, 0.05) is 44.9 Å². The number of amides is 1. The van der Waals surface area contributed by atoms with E-state index in [2.05, 4.69) is 9.88 Å². The van der Waals surface area contributed by atoms with Crippen LogP contribution in [-0.4, -0.2) is 67.1 Å². The molecule has 1 amide bonds. The average Bonchev–Trinajstić information content (AvgIpc) is 2.93. The van der Waals surface area contributed by atoms with Crippen molar-refractivity contribution in [3.05, 3.63) is 41.8 Å². The predicted molar refractivity (Wildman–Crippen MR) is 90.5 cm³/mol. The molecule has 1 aromatic carbocycles. The third kappa shape index (κ3) is 3.25. The summed E-state index contributed by atoms with van der Waals surface area (Å²) in [7, 11) is 5.48. The molecule has 128 valence electrons. The molecular weight excluding hydrogens is 309 g/mol. The van der Waals surface area contributed by atoms with Crippen LogP contribution in [0.4, 0.5) is 4.39 Å². The maximum absolute atomic E-state index is 13.9. The number of nitrogens with zero attached hydrogens (tertiary/aromatic N) is 3. The van der Waals surface area contributed by atoms with Gasteiger partial charge in [0.05, 0.1) is 17.2 Å². The van der Waals surface area contributed by atoms with Crippen LogP contribution in [-0.2, 0) is 4.74 Å². The molecule has 3 rings (SSSR count). The molecule has 1 aromatic heterocycles. The van der Waals surface area contributed by atoms with Gasteiger partial charge in [-0.1, -0.05) is 6.07 Å². The zero-order chi connectivity index (χ0) is 17.3. The fraction of sp³-hybridized carbons (Fsp3) is 0.444. The van der Waals surface area contributed by atoms with E-state index in [1.807, 2.05) is 7.05 Å². The number of halogens is 1. The molecule has 1 fully saturated rings. The molecule has 0 aliphatic carbocycles. The van der Waals surface area contributed by atoms with Crippen molar-refractivity contribution in [3.63, 3.8) is 0 Å². The summed E-state index contributed by atoms with van der Waals surface area (Å²) in [6.07, 6.45) is 2.69. The number of hydrogen-bond donors (Lipinski definition) is 0. The number of benzene rings is 1. The zero-order valence-corrected chi connectivity index (χ0v) is 14.2. The molecule has 0 N–H and O–H groups in total. The standard InChI is InChI=1S/C18H22FN3O2/c1-21-11-15(24-3)9-14(21)10-22(2)18(23)16-8-13(19)7-12-5-4-6-20-17(12)16/h4-8,14-15H,9-11H2,1-3H3/t14-,15-/m0/s1. The topological polar surface area (TPSA) is 45.7 Å². The summed E-state index contributed by atoms with van der Waals surface area (Å²) >= 11 is 0. The van der Waals surface area contributed by atoms with E-state index in [0.717, 1.165) is 13.0 Å². The van der Waals surface area contributed by atoms with Crippen LogP contribution in [0.25, 0.3) is 10.9 Å². The average molecular weight is 331 g/mol. The molecule has 2 atom stereocenters. The van der Waals surface area contributed by atoms with Crippen molar-refractivity contribution >= 4 is 16.8 Å². The maximum Gasteiger partial charge on any atom is 0.255 e. The Morgan fingerprint density at radius 3 is 3.00 bits per heavy atom. The minimum Gasteiger partial charge on any atom is -0.380 e. The van der Waals surface area contributed by atoms with Crippen LogP contribution < -0.4 is 0 Å². The molecule has 1 aliphatic heterocycles. The van der Waals surface area contributed by atoms with Crippen molar-refractivity contribution in [2.24, 2.45) is 0 Å². The van der Waals surface area contributed by atoms with Crippen molar-refractivity contribution in [1.29, 1.82) is 0 Å². The van der Waals surface area contributed by atoms with Crippen LogP contribution in [0, 0.1) is 5.82 Å². The summed E-state index contributed by atoms with van der Waals surface area (Å²) in [4.78, 5) is 20.9. The fourth-order valence-electron chi connectivity index (χ4n) is 3.34. The van der Waals surface area contributed by atoms with Crippen LogP contribution in [0.1, 0.15) is 16.8 Å². The first-order valence-corrected chi connectivity index (χ1v) is 8.02. The van der Waals surface area contributed by atoms with Crippen molar-refractivity contribution in [2.45, 2.75) is 18.6 Å². The molecule has 2 aromatic rings. The normalized spacial score (nSPS) is 21.3. The largest absolute Gasteiger partial charge is 0.380 e. The van der Waals surface area contributed by atoms with Gasteiger partial charge in [-0.3, -0.25) is 14.7 Å². The van der Waals surface area contributed by atoms with E-state index in [9.17, 15) is 9.18 Å². The summed E-state index contributed by atoms with van der Waals surface area (Å²) < 4.78 is 19.3. The second-order valence-corrected chi connectivity index (χ2v) is 6.40. The van der Waals surface area contributed by atoms with Gasteiger partial charge in [-0.05, 0) is 31.7 Å².